The van der Waals surface area contributed by atoms with Crippen LogP contribution in [-0.4, -0.2) is 8.42 Å². The molecule has 0 amide bonds. The van der Waals surface area contributed by atoms with Crippen molar-refractivity contribution in [2.45, 2.75) is 4.90 Å². The van der Waals surface area contributed by atoms with E-state index in [9.17, 15) is 8.42 Å². The number of hydrogen-bond acceptors (Lipinski definition) is 4. The van der Waals surface area contributed by atoms with Crippen molar-refractivity contribution in [3.63, 3.8) is 0 Å². The molecule has 0 spiro atoms. The Bertz CT molecular complexity index is 699. The number of ether oxygens (including phenoxy) is 1. The minimum atomic E-state index is -3.92. The van der Waals surface area contributed by atoms with Gasteiger partial charge in [-0.25, -0.2) is 13.6 Å². The maximum absolute atomic E-state index is 11.5. The molecule has 0 aliphatic heterocycles. The molecule has 0 aromatic heterocycles. The van der Waals surface area contributed by atoms with E-state index < -0.39 is 10.0 Å². The molecule has 0 bridgehead atoms. The predicted octanol–water partition coefficient (Wildman–Crippen LogP) is 2.36. The largest absolute Gasteiger partial charge is 0.456 e. The summed E-state index contributed by atoms with van der Waals surface area (Å²) in [5, 5.41) is 5.67. The van der Waals surface area contributed by atoms with Crippen LogP contribution in [0.15, 0.2) is 47.4 Å². The van der Waals surface area contributed by atoms with Gasteiger partial charge in [0.2, 0.25) is 10.0 Å². The van der Waals surface area contributed by atoms with Gasteiger partial charge in [0, 0.05) is 10.7 Å². The van der Waals surface area contributed by atoms with Gasteiger partial charge in [-0.2, -0.15) is 0 Å². The maximum atomic E-state index is 11.5. The highest BCUT2D eigenvalue weighted by molar-refractivity contribution is 7.89. The third-order valence-electron chi connectivity index (χ3n) is 2.32. The first-order chi connectivity index (χ1) is 8.86. The molecule has 5 nitrogen and oxygen atoms in total. The Kier molecular flexibility index (Phi) is 3.66. The predicted molar refractivity (Wildman–Crippen MR) is 73.8 cm³/mol. The third kappa shape index (κ3) is 3.37. The van der Waals surface area contributed by atoms with Crippen molar-refractivity contribution in [3.8, 4) is 11.5 Å². The summed E-state index contributed by atoms with van der Waals surface area (Å²) in [6.45, 7) is 0. The molecular weight excluding hydrogens is 288 g/mol. The van der Waals surface area contributed by atoms with E-state index in [0.717, 1.165) is 0 Å². The number of hydrogen-bond donors (Lipinski definition) is 2. The number of nitrogens with two attached hydrogens (primary N) is 2. The lowest BCUT2D eigenvalue weighted by Crippen LogP contribution is -2.13. The van der Waals surface area contributed by atoms with Gasteiger partial charge in [-0.05, 0) is 42.5 Å². The van der Waals surface area contributed by atoms with Gasteiger partial charge >= 0.3 is 0 Å². The number of primary sulfonamides is 1. The van der Waals surface area contributed by atoms with E-state index >= 15 is 0 Å². The summed E-state index contributed by atoms with van der Waals surface area (Å²) >= 11 is 5.75. The van der Waals surface area contributed by atoms with E-state index in [1.807, 2.05) is 0 Å². The van der Waals surface area contributed by atoms with Crippen molar-refractivity contribution in [3.05, 3.63) is 47.5 Å². The molecule has 0 unspecified atom stereocenters. The van der Waals surface area contributed by atoms with Crippen LogP contribution >= 0.6 is 11.6 Å². The fraction of sp³-hybridized carbons (Fsp3) is 0. The average molecular weight is 299 g/mol. The van der Waals surface area contributed by atoms with Crippen LogP contribution in [0.4, 0.5) is 5.69 Å². The van der Waals surface area contributed by atoms with Crippen molar-refractivity contribution in [2.75, 3.05) is 5.73 Å². The zero-order valence-corrected chi connectivity index (χ0v) is 11.3. The molecule has 0 saturated carbocycles. The molecule has 19 heavy (non-hydrogen) atoms. The Hall–Kier alpha value is -1.76. The zero-order valence-electron chi connectivity index (χ0n) is 9.71. The van der Waals surface area contributed by atoms with Crippen LogP contribution in [0.1, 0.15) is 0 Å². The molecule has 4 N–H and O–H groups in total. The minimum absolute atomic E-state index is 0.110. The number of anilines is 1. The monoisotopic (exact) mass is 298 g/mol. The van der Waals surface area contributed by atoms with Crippen LogP contribution in [0.25, 0.3) is 0 Å². The highest BCUT2D eigenvalue weighted by Gasteiger charge is 2.16. The molecule has 0 fully saturated rings. The second-order valence-electron chi connectivity index (χ2n) is 3.81. The summed E-state index contributed by atoms with van der Waals surface area (Å²) in [5.74, 6) is 0.554. The quantitative estimate of drug-likeness (QED) is 0.850. The SMILES string of the molecule is Nc1ccc(Oc2ccc(Cl)cc2)c(S(N)(=O)=O)c1. The summed E-state index contributed by atoms with van der Waals surface area (Å²) in [6, 6.07) is 10.7. The molecule has 0 atom stereocenters. The smallest absolute Gasteiger partial charge is 0.241 e. The lowest BCUT2D eigenvalue weighted by Gasteiger charge is -2.10. The fourth-order valence-electron chi connectivity index (χ4n) is 1.46. The van der Waals surface area contributed by atoms with Crippen LogP contribution in [0.3, 0.4) is 0 Å². The van der Waals surface area contributed by atoms with Crippen molar-refractivity contribution >= 4 is 27.3 Å². The summed E-state index contributed by atoms with van der Waals surface area (Å²) in [4.78, 5) is -0.164. The molecule has 0 saturated heterocycles. The second kappa shape index (κ2) is 5.08. The molecule has 7 heteroatoms. The maximum Gasteiger partial charge on any atom is 0.241 e. The summed E-state index contributed by atoms with van der Waals surface area (Å²) in [7, 11) is -3.92. The second-order valence-corrected chi connectivity index (χ2v) is 5.77. The van der Waals surface area contributed by atoms with Gasteiger partial charge in [0.1, 0.15) is 16.4 Å². The first kappa shape index (κ1) is 13.7. The average Bonchev–Trinajstić information content (AvgIpc) is 2.33. The Morgan fingerprint density at radius 2 is 1.68 bits per heavy atom. The molecule has 0 radical (unpaired) electrons. The highest BCUT2D eigenvalue weighted by Crippen LogP contribution is 2.30. The van der Waals surface area contributed by atoms with Crippen molar-refractivity contribution < 1.29 is 13.2 Å². The van der Waals surface area contributed by atoms with Crippen molar-refractivity contribution in [2.24, 2.45) is 5.14 Å². The first-order valence-electron chi connectivity index (χ1n) is 5.22. The number of halogens is 1. The van der Waals surface area contributed by atoms with Gasteiger partial charge in [0.25, 0.3) is 0 Å². The Morgan fingerprint density at radius 3 is 2.26 bits per heavy atom. The van der Waals surface area contributed by atoms with Gasteiger partial charge in [0.05, 0.1) is 0 Å². The normalized spacial score (nSPS) is 11.3. The van der Waals surface area contributed by atoms with E-state index in [1.165, 1.54) is 18.2 Å². The molecule has 0 aliphatic carbocycles. The molecule has 2 rings (SSSR count). The number of rotatable bonds is 3. The first-order valence-corrected chi connectivity index (χ1v) is 7.14. The van der Waals surface area contributed by atoms with E-state index in [-0.39, 0.29) is 16.3 Å². The molecule has 100 valence electrons. The molecule has 2 aromatic carbocycles. The summed E-state index contributed by atoms with van der Waals surface area (Å²) in [6.07, 6.45) is 0. The Morgan fingerprint density at radius 1 is 1.05 bits per heavy atom. The summed E-state index contributed by atoms with van der Waals surface area (Å²) in [5.41, 5.74) is 5.83. The van der Waals surface area contributed by atoms with E-state index in [1.54, 1.807) is 24.3 Å². The van der Waals surface area contributed by atoms with Crippen LogP contribution in [-0.2, 0) is 10.0 Å². The Labute approximate surface area is 115 Å². The standard InChI is InChI=1S/C12H11ClN2O3S/c13-8-1-4-10(5-2-8)18-11-6-3-9(14)7-12(11)19(15,16)17/h1-7H,14H2,(H2,15,16,17). The van der Waals surface area contributed by atoms with Gasteiger partial charge in [-0.3, -0.25) is 0 Å². The highest BCUT2D eigenvalue weighted by atomic mass is 35.5. The van der Waals surface area contributed by atoms with Gasteiger partial charge in [-0.15, -0.1) is 0 Å². The van der Waals surface area contributed by atoms with E-state index in [2.05, 4.69) is 0 Å². The van der Waals surface area contributed by atoms with E-state index in [4.69, 9.17) is 27.2 Å². The lowest BCUT2D eigenvalue weighted by atomic mass is 10.3. The topological polar surface area (TPSA) is 95.4 Å². The third-order valence-corrected chi connectivity index (χ3v) is 3.50. The lowest BCUT2D eigenvalue weighted by molar-refractivity contribution is 0.467. The minimum Gasteiger partial charge on any atom is -0.456 e. The number of nitrogen functional groups attached to an aromatic ring is 1. The van der Waals surface area contributed by atoms with E-state index in [0.29, 0.717) is 10.8 Å². The van der Waals surface area contributed by atoms with Crippen LogP contribution in [0.5, 0.6) is 11.5 Å². The molecule has 0 heterocycles. The van der Waals surface area contributed by atoms with Crippen LogP contribution in [0.2, 0.25) is 5.02 Å². The number of sulfonamides is 1. The van der Waals surface area contributed by atoms with Crippen molar-refractivity contribution in [1.29, 1.82) is 0 Å². The Balaban J connectivity index is 2.43. The zero-order chi connectivity index (χ0) is 14.0. The fourth-order valence-corrected chi connectivity index (χ4v) is 2.28. The van der Waals surface area contributed by atoms with Crippen molar-refractivity contribution in [1.82, 2.24) is 0 Å². The van der Waals surface area contributed by atoms with Crippen LogP contribution < -0.4 is 15.6 Å². The molecule has 0 aliphatic rings. The molecular formula is C12H11ClN2O3S. The summed E-state index contributed by atoms with van der Waals surface area (Å²) < 4.78 is 28.4. The van der Waals surface area contributed by atoms with Gasteiger partial charge in [0.15, 0.2) is 0 Å². The van der Waals surface area contributed by atoms with Crippen LogP contribution in [0, 0.1) is 0 Å². The number of benzene rings is 2. The van der Waals surface area contributed by atoms with Gasteiger partial charge in [-0.1, -0.05) is 11.6 Å². The van der Waals surface area contributed by atoms with Gasteiger partial charge < -0.3 is 10.5 Å². The molecule has 2 aromatic rings.